The first-order chi connectivity index (χ1) is 3.77. The summed E-state index contributed by atoms with van der Waals surface area (Å²) in [7, 11) is 3.00. The monoisotopic (exact) mass is 118 g/mol. The summed E-state index contributed by atoms with van der Waals surface area (Å²) in [5, 5.41) is 7.91. The summed E-state index contributed by atoms with van der Waals surface area (Å²) in [6.07, 6.45) is 1.02. The molecule has 2 nitrogen and oxygen atoms in total. The Balaban J connectivity index is 0. The van der Waals surface area contributed by atoms with Crippen molar-refractivity contribution in [1.29, 1.82) is 0 Å². The quantitative estimate of drug-likeness (QED) is 0.547. The van der Waals surface area contributed by atoms with Crippen molar-refractivity contribution < 1.29 is 14.2 Å². The first kappa shape index (κ1) is 10.4. The molecule has 0 aromatic rings. The number of carboxylic acids is 1. The van der Waals surface area contributed by atoms with E-state index in [0.717, 1.165) is 6.42 Å². The molecule has 0 saturated heterocycles. The summed E-state index contributed by atoms with van der Waals surface area (Å²) >= 11 is 0. The van der Waals surface area contributed by atoms with Crippen molar-refractivity contribution in [2.45, 2.75) is 19.8 Å². The standard InChI is InChI=1S/C4H8O2.BF/c1-2-3-4(5)6;1-2/h2-3H2,1H3,(H,5,6);. The van der Waals surface area contributed by atoms with E-state index in [1.54, 1.807) is 0 Å². The van der Waals surface area contributed by atoms with E-state index in [-0.39, 0.29) is 0 Å². The van der Waals surface area contributed by atoms with Gasteiger partial charge in [-0.1, -0.05) is 6.92 Å². The van der Waals surface area contributed by atoms with E-state index in [4.69, 9.17) is 9.42 Å². The van der Waals surface area contributed by atoms with Gasteiger partial charge < -0.3 is 9.42 Å². The average Bonchev–Trinajstić information content (AvgIpc) is 1.72. The maximum Gasteiger partial charge on any atom is 0.350 e. The van der Waals surface area contributed by atoms with Crippen LogP contribution in [0.25, 0.3) is 0 Å². The first-order valence-electron chi connectivity index (χ1n) is 2.21. The molecule has 0 aromatic heterocycles. The molecule has 0 aliphatic heterocycles. The van der Waals surface area contributed by atoms with E-state index >= 15 is 0 Å². The van der Waals surface area contributed by atoms with E-state index < -0.39 is 5.97 Å². The molecule has 0 heterocycles. The fraction of sp³-hybridized carbons (Fsp3) is 0.750. The van der Waals surface area contributed by atoms with Crippen LogP contribution in [0.1, 0.15) is 19.8 Å². The maximum atomic E-state index is 9.60. The highest BCUT2D eigenvalue weighted by molar-refractivity contribution is 5.96. The van der Waals surface area contributed by atoms with Crippen LogP contribution in [0.5, 0.6) is 0 Å². The highest BCUT2D eigenvalue weighted by atomic mass is 19.1. The minimum absolute atomic E-state index is 0.292. The Kier molecular flexibility index (Phi) is 12.6. The van der Waals surface area contributed by atoms with Crippen LogP contribution in [0.15, 0.2) is 0 Å². The van der Waals surface area contributed by atoms with Gasteiger partial charge in [0.2, 0.25) is 0 Å². The molecule has 0 amide bonds. The molecular formula is C4H8BFO2. The van der Waals surface area contributed by atoms with Crippen LogP contribution in [-0.2, 0) is 4.79 Å². The Morgan fingerprint density at radius 1 is 1.75 bits per heavy atom. The molecule has 0 atom stereocenters. The molecule has 2 radical (unpaired) electrons. The van der Waals surface area contributed by atoms with Gasteiger partial charge in [0, 0.05) is 6.42 Å². The first-order valence-corrected chi connectivity index (χ1v) is 2.21. The Labute approximate surface area is 49.2 Å². The van der Waals surface area contributed by atoms with Crippen LogP contribution in [0.3, 0.4) is 0 Å². The van der Waals surface area contributed by atoms with Gasteiger partial charge in [0.15, 0.2) is 0 Å². The van der Waals surface area contributed by atoms with Gasteiger partial charge in [0.05, 0.1) is 0 Å². The highest BCUT2D eigenvalue weighted by Gasteiger charge is 1.87. The molecule has 0 fully saturated rings. The number of aliphatic carboxylic acids is 1. The molecule has 0 aliphatic rings. The Morgan fingerprint density at radius 2 is 2.12 bits per heavy atom. The Bertz CT molecular complexity index is 58.0. The van der Waals surface area contributed by atoms with Crippen molar-refractivity contribution in [2.75, 3.05) is 0 Å². The summed E-state index contributed by atoms with van der Waals surface area (Å²) in [5.41, 5.74) is 0. The van der Waals surface area contributed by atoms with E-state index in [1.165, 1.54) is 0 Å². The second kappa shape index (κ2) is 9.69. The van der Waals surface area contributed by atoms with Gasteiger partial charge in [-0.25, -0.2) is 0 Å². The summed E-state index contributed by atoms with van der Waals surface area (Å²) in [5.74, 6) is -0.711. The predicted molar refractivity (Wildman–Crippen MR) is 29.4 cm³/mol. The van der Waals surface area contributed by atoms with Gasteiger partial charge >= 0.3 is 14.1 Å². The third kappa shape index (κ3) is 17.9. The number of carbonyl (C=O) groups is 1. The Hall–Kier alpha value is -0.535. The van der Waals surface area contributed by atoms with Crippen LogP contribution in [0, 0.1) is 0 Å². The maximum absolute atomic E-state index is 9.60. The van der Waals surface area contributed by atoms with Gasteiger partial charge in [-0.2, -0.15) is 0 Å². The van der Waals surface area contributed by atoms with Gasteiger partial charge in [-0.3, -0.25) is 4.79 Å². The van der Waals surface area contributed by atoms with E-state index in [1.807, 2.05) is 6.92 Å². The lowest BCUT2D eigenvalue weighted by Gasteiger charge is -1.79. The van der Waals surface area contributed by atoms with Crippen LogP contribution in [0.4, 0.5) is 4.32 Å². The largest absolute Gasteiger partial charge is 0.481 e. The molecule has 1 N–H and O–H groups in total. The minimum Gasteiger partial charge on any atom is -0.481 e. The smallest absolute Gasteiger partial charge is 0.350 e. The van der Waals surface area contributed by atoms with Gasteiger partial charge in [0.1, 0.15) is 0 Å². The fourth-order valence-electron chi connectivity index (χ4n) is 0.214. The summed E-state index contributed by atoms with van der Waals surface area (Å²) < 4.78 is 9.00. The van der Waals surface area contributed by atoms with Crippen molar-refractivity contribution in [3.05, 3.63) is 0 Å². The lowest BCUT2D eigenvalue weighted by molar-refractivity contribution is -0.137. The molecule has 0 unspecified atom stereocenters. The Morgan fingerprint density at radius 3 is 2.12 bits per heavy atom. The second-order valence-electron chi connectivity index (χ2n) is 1.14. The summed E-state index contributed by atoms with van der Waals surface area (Å²) in [4.78, 5) is 9.60. The third-order valence-corrected chi connectivity index (χ3v) is 0.464. The van der Waals surface area contributed by atoms with E-state index in [0.29, 0.717) is 6.42 Å². The molecule has 0 rings (SSSR count). The number of carboxylic acid groups (broad SMARTS) is 1. The molecule has 4 heteroatoms. The average molecular weight is 118 g/mol. The lowest BCUT2D eigenvalue weighted by Crippen LogP contribution is -1.90. The molecule has 0 saturated carbocycles. The summed E-state index contributed by atoms with van der Waals surface area (Å²) in [6, 6.07) is 0. The van der Waals surface area contributed by atoms with Gasteiger partial charge in [-0.05, 0) is 6.42 Å². The third-order valence-electron chi connectivity index (χ3n) is 0.464. The number of hydrogen-bond acceptors (Lipinski definition) is 1. The molecule has 0 aliphatic carbocycles. The second-order valence-corrected chi connectivity index (χ2v) is 1.14. The van der Waals surface area contributed by atoms with Crippen molar-refractivity contribution in [3.63, 3.8) is 0 Å². The molecule has 0 aromatic carbocycles. The highest BCUT2D eigenvalue weighted by Crippen LogP contribution is 1.82. The van der Waals surface area contributed by atoms with Crippen LogP contribution in [-0.4, -0.2) is 19.2 Å². The van der Waals surface area contributed by atoms with Crippen molar-refractivity contribution >= 4 is 14.1 Å². The van der Waals surface area contributed by atoms with Crippen LogP contribution in [0.2, 0.25) is 0 Å². The van der Waals surface area contributed by atoms with E-state index in [2.05, 4.69) is 8.12 Å². The topological polar surface area (TPSA) is 37.3 Å². The molecule has 8 heavy (non-hydrogen) atoms. The zero-order valence-corrected chi connectivity index (χ0v) is 4.72. The van der Waals surface area contributed by atoms with Crippen LogP contribution < -0.4 is 0 Å². The van der Waals surface area contributed by atoms with Gasteiger partial charge in [0.25, 0.3) is 0 Å². The minimum atomic E-state index is -0.711. The zero-order valence-electron chi connectivity index (χ0n) is 4.72. The number of rotatable bonds is 2. The fourth-order valence-corrected chi connectivity index (χ4v) is 0.214. The van der Waals surface area contributed by atoms with Crippen molar-refractivity contribution in [2.24, 2.45) is 0 Å². The van der Waals surface area contributed by atoms with Crippen LogP contribution >= 0.6 is 0 Å². The van der Waals surface area contributed by atoms with Crippen molar-refractivity contribution in [3.8, 4) is 0 Å². The lowest BCUT2D eigenvalue weighted by atomic mass is 10.4. The number of halogens is 1. The van der Waals surface area contributed by atoms with Gasteiger partial charge in [-0.15, -0.1) is 0 Å². The molecule has 46 valence electrons. The molecular weight excluding hydrogens is 110 g/mol. The summed E-state index contributed by atoms with van der Waals surface area (Å²) in [6.45, 7) is 1.84. The van der Waals surface area contributed by atoms with Crippen molar-refractivity contribution in [1.82, 2.24) is 0 Å². The van der Waals surface area contributed by atoms with E-state index in [9.17, 15) is 4.79 Å². The normalized spacial score (nSPS) is 6.75. The molecule has 0 bridgehead atoms. The number of hydrogen-bond donors (Lipinski definition) is 1. The zero-order chi connectivity index (χ0) is 6.99. The SMILES string of the molecule is CCCC(=O)O.[B]F. The predicted octanol–water partition coefficient (Wildman–Crippen LogP) is 0.910. The molecule has 0 spiro atoms.